The fraction of sp³-hybridized carbons (Fsp3) is 0.750. The summed E-state index contributed by atoms with van der Waals surface area (Å²) in [4.78, 5) is 0. The van der Waals surface area contributed by atoms with E-state index in [-0.39, 0.29) is 0 Å². The Morgan fingerprint density at radius 2 is 1.33 bits per heavy atom. The molecule has 5 nitrogen and oxygen atoms in total. The fourth-order valence-corrected chi connectivity index (χ4v) is 0.380. The molecule has 0 heterocycles. The van der Waals surface area contributed by atoms with Gasteiger partial charge < -0.3 is 25.5 Å². The van der Waals surface area contributed by atoms with Crippen molar-refractivity contribution in [2.75, 3.05) is 0 Å². The normalized spacial score (nSPS) is 14.0. The highest BCUT2D eigenvalue weighted by Crippen LogP contribution is 2.11. The second kappa shape index (κ2) is 2.20. The summed E-state index contributed by atoms with van der Waals surface area (Å²) >= 11 is 0. The van der Waals surface area contributed by atoms with Gasteiger partial charge in [-0.2, -0.15) is 0 Å². The maximum Gasteiger partial charge on any atom is 0.280 e. The van der Waals surface area contributed by atoms with Crippen LogP contribution >= 0.6 is 0 Å². The molecule has 0 aliphatic rings. The number of hydrogen-bond donors (Lipinski definition) is 5. The Morgan fingerprint density at radius 3 is 1.33 bits per heavy atom. The van der Waals surface area contributed by atoms with E-state index in [2.05, 4.69) is 6.92 Å². The zero-order valence-electron chi connectivity index (χ0n) is 4.65. The molecule has 0 aromatic carbocycles. The van der Waals surface area contributed by atoms with Crippen molar-refractivity contribution in [2.24, 2.45) is 0 Å². The van der Waals surface area contributed by atoms with Gasteiger partial charge in [0.25, 0.3) is 5.97 Å². The lowest BCUT2D eigenvalue weighted by Gasteiger charge is -2.21. The van der Waals surface area contributed by atoms with Gasteiger partial charge in [0.15, 0.2) is 5.79 Å². The van der Waals surface area contributed by atoms with Gasteiger partial charge in [0, 0.05) is 6.92 Å². The van der Waals surface area contributed by atoms with Gasteiger partial charge in [-0.05, 0) is 0 Å². The van der Waals surface area contributed by atoms with Crippen molar-refractivity contribution in [1.82, 2.24) is 0 Å². The molecule has 5 N–H and O–H groups in total. The van der Waals surface area contributed by atoms with E-state index in [4.69, 9.17) is 25.5 Å². The van der Waals surface area contributed by atoms with E-state index >= 15 is 0 Å². The summed E-state index contributed by atoms with van der Waals surface area (Å²) in [7, 11) is 0. The van der Waals surface area contributed by atoms with E-state index in [1.807, 2.05) is 0 Å². The summed E-state index contributed by atoms with van der Waals surface area (Å²) in [5.74, 6) is -5.59. The predicted octanol–water partition coefficient (Wildman–Crippen LogP) is -2.48. The first-order valence-electron chi connectivity index (χ1n) is 2.18. The molecule has 0 spiro atoms. The summed E-state index contributed by atoms with van der Waals surface area (Å²) < 4.78 is 0. The molecule has 55 valence electrons. The van der Waals surface area contributed by atoms with Crippen LogP contribution in [0.15, 0.2) is 0 Å². The van der Waals surface area contributed by atoms with Crippen LogP contribution < -0.4 is 0 Å². The van der Waals surface area contributed by atoms with E-state index in [9.17, 15) is 0 Å². The lowest BCUT2D eigenvalue weighted by Crippen LogP contribution is -2.39. The van der Waals surface area contributed by atoms with Gasteiger partial charge in [0.05, 0.1) is 6.42 Å². The van der Waals surface area contributed by atoms with E-state index in [0.717, 1.165) is 0 Å². The Hall–Kier alpha value is -0.200. The average Bonchev–Trinajstić information content (AvgIpc) is 1.14. The minimum atomic E-state index is -3.08. The molecule has 0 saturated carbocycles. The molecule has 0 atom stereocenters. The molecule has 0 aliphatic carbocycles. The quantitative estimate of drug-likeness (QED) is 0.271. The van der Waals surface area contributed by atoms with Gasteiger partial charge in [-0.25, -0.2) is 0 Å². The van der Waals surface area contributed by atoms with E-state index in [1.165, 1.54) is 0 Å². The molecule has 0 aliphatic heterocycles. The SMILES string of the molecule is [CH2]C(O)(O)CC(O)(O)O. The standard InChI is InChI=1S/C4H9O5/c1-3(5,6)2-4(7,8)9/h5-9H,1-2H2. The first kappa shape index (κ1) is 8.80. The van der Waals surface area contributed by atoms with Crippen LogP contribution in [-0.4, -0.2) is 37.3 Å². The van der Waals surface area contributed by atoms with E-state index < -0.39 is 18.2 Å². The van der Waals surface area contributed by atoms with Crippen LogP contribution in [0.5, 0.6) is 0 Å². The molecule has 0 fully saturated rings. The predicted molar refractivity (Wildman–Crippen MR) is 26.5 cm³/mol. The van der Waals surface area contributed by atoms with Crippen molar-refractivity contribution >= 4 is 0 Å². The molecule has 0 saturated heterocycles. The van der Waals surface area contributed by atoms with Gasteiger partial charge >= 0.3 is 0 Å². The Labute approximate surface area is 51.8 Å². The Balaban J connectivity index is 3.75. The van der Waals surface area contributed by atoms with Gasteiger partial charge in [-0.1, -0.05) is 0 Å². The lowest BCUT2D eigenvalue weighted by atomic mass is 10.2. The second-order valence-corrected chi connectivity index (χ2v) is 1.93. The maximum atomic E-state index is 8.32. The zero-order chi connectivity index (χ0) is 7.71. The third-order valence-electron chi connectivity index (χ3n) is 0.520. The summed E-state index contributed by atoms with van der Waals surface area (Å²) in [5.41, 5.74) is 0. The Kier molecular flexibility index (Phi) is 2.15. The summed E-state index contributed by atoms with van der Waals surface area (Å²) in [5, 5.41) is 40.9. The molecule has 5 heteroatoms. The van der Waals surface area contributed by atoms with Crippen molar-refractivity contribution in [2.45, 2.75) is 18.2 Å². The van der Waals surface area contributed by atoms with Crippen molar-refractivity contribution in [3.8, 4) is 0 Å². The van der Waals surface area contributed by atoms with Crippen LogP contribution in [0.1, 0.15) is 6.42 Å². The lowest BCUT2D eigenvalue weighted by molar-refractivity contribution is -0.345. The minimum absolute atomic E-state index is 1.04. The zero-order valence-corrected chi connectivity index (χ0v) is 4.65. The monoisotopic (exact) mass is 137 g/mol. The highest BCUT2D eigenvalue weighted by atomic mass is 16.7. The van der Waals surface area contributed by atoms with Gasteiger partial charge in [-0.3, -0.25) is 0 Å². The molecule has 1 radical (unpaired) electrons. The average molecular weight is 137 g/mol. The van der Waals surface area contributed by atoms with Crippen molar-refractivity contribution in [1.29, 1.82) is 0 Å². The minimum Gasteiger partial charge on any atom is -0.365 e. The molecule has 0 aromatic heterocycles. The van der Waals surface area contributed by atoms with Crippen LogP contribution in [0, 0.1) is 6.92 Å². The number of hydrogen-bond acceptors (Lipinski definition) is 5. The van der Waals surface area contributed by atoms with Crippen LogP contribution in [0.3, 0.4) is 0 Å². The number of rotatable bonds is 2. The van der Waals surface area contributed by atoms with Gasteiger partial charge in [0.1, 0.15) is 0 Å². The van der Waals surface area contributed by atoms with Crippen molar-refractivity contribution < 1.29 is 25.5 Å². The highest BCUT2D eigenvalue weighted by Gasteiger charge is 2.30. The molecule has 0 aromatic rings. The van der Waals surface area contributed by atoms with E-state index in [1.54, 1.807) is 0 Å². The van der Waals surface area contributed by atoms with Crippen LogP contribution in [-0.2, 0) is 0 Å². The Morgan fingerprint density at radius 1 is 1.00 bits per heavy atom. The Bertz CT molecular complexity index is 74.1. The maximum absolute atomic E-state index is 8.32. The summed E-state index contributed by atoms with van der Waals surface area (Å²) in [6, 6.07) is 0. The third-order valence-corrected chi connectivity index (χ3v) is 0.520. The smallest absolute Gasteiger partial charge is 0.280 e. The van der Waals surface area contributed by atoms with Crippen molar-refractivity contribution in [3.63, 3.8) is 0 Å². The fourth-order valence-electron chi connectivity index (χ4n) is 0.380. The first-order chi connectivity index (χ1) is 3.71. The van der Waals surface area contributed by atoms with Gasteiger partial charge in [0.2, 0.25) is 0 Å². The molecule has 0 bridgehead atoms. The largest absolute Gasteiger partial charge is 0.365 e. The topological polar surface area (TPSA) is 101 Å². The first-order valence-corrected chi connectivity index (χ1v) is 2.18. The van der Waals surface area contributed by atoms with Crippen LogP contribution in [0.25, 0.3) is 0 Å². The summed E-state index contributed by atoms with van der Waals surface area (Å²) in [6.07, 6.45) is -1.04. The van der Waals surface area contributed by atoms with Gasteiger partial charge in [-0.15, -0.1) is 0 Å². The van der Waals surface area contributed by atoms with Crippen LogP contribution in [0.2, 0.25) is 0 Å². The molecule has 9 heavy (non-hydrogen) atoms. The molecule has 0 rings (SSSR count). The second-order valence-electron chi connectivity index (χ2n) is 1.93. The van der Waals surface area contributed by atoms with Crippen LogP contribution in [0.4, 0.5) is 0 Å². The summed E-state index contributed by atoms with van der Waals surface area (Å²) in [6.45, 7) is 2.69. The molecule has 0 unspecified atom stereocenters. The van der Waals surface area contributed by atoms with Crippen molar-refractivity contribution in [3.05, 3.63) is 6.92 Å². The highest BCUT2D eigenvalue weighted by molar-refractivity contribution is 4.69. The number of aliphatic hydroxyl groups is 5. The molecular formula is C4H9O5. The molecule has 0 amide bonds. The molecular weight excluding hydrogens is 128 g/mol. The van der Waals surface area contributed by atoms with E-state index in [0.29, 0.717) is 0 Å². The third kappa shape index (κ3) is 7.80.